The van der Waals surface area contributed by atoms with Crippen LogP contribution in [0.1, 0.15) is 69.5 Å². The summed E-state index contributed by atoms with van der Waals surface area (Å²) >= 11 is 1.68. The van der Waals surface area contributed by atoms with E-state index in [-0.39, 0.29) is 12.2 Å². The van der Waals surface area contributed by atoms with Gasteiger partial charge in [-0.15, -0.1) is 16.4 Å². The molecule has 0 bridgehead atoms. The Morgan fingerprint density at radius 1 is 1.14 bits per heavy atom. The fraction of sp³-hybridized carbons (Fsp3) is 0.593. The van der Waals surface area contributed by atoms with Gasteiger partial charge in [0.25, 0.3) is 0 Å². The Labute approximate surface area is 222 Å². The number of hydrogen-bond donors (Lipinski definition) is 0. The second kappa shape index (κ2) is 11.6. The molecule has 0 spiro atoms. The van der Waals surface area contributed by atoms with E-state index in [1.807, 2.05) is 29.2 Å². The molecule has 1 aliphatic carbocycles. The first-order chi connectivity index (χ1) is 18.0. The number of likely N-dealkylation sites (tertiary alicyclic amines) is 1. The van der Waals surface area contributed by atoms with Crippen molar-refractivity contribution in [2.45, 2.75) is 71.5 Å². The second-order valence-corrected chi connectivity index (χ2v) is 11.6. The first-order valence-corrected chi connectivity index (χ1v) is 14.2. The van der Waals surface area contributed by atoms with Crippen LogP contribution in [0.25, 0.3) is 5.69 Å². The summed E-state index contributed by atoms with van der Waals surface area (Å²) in [5.41, 5.74) is 1.80. The van der Waals surface area contributed by atoms with E-state index in [9.17, 15) is 4.79 Å². The standard InChI is InChI=1S/C27H36N6O3S/c1-18(2)24-9-4-19(3)14-25(24)36-27(34)32-12-10-20(11-13-32)26-29-21(16-37-26)15-35-23-7-5-22(6-8-23)33-17-28-30-31-33/h5-8,16-20,24-25H,4,9-15H2,1-3H3/t19-,24+,25-/m1/s1. The molecular weight excluding hydrogens is 488 g/mol. The highest BCUT2D eigenvalue weighted by Crippen LogP contribution is 2.36. The van der Waals surface area contributed by atoms with Gasteiger partial charge in [0.05, 0.1) is 16.4 Å². The van der Waals surface area contributed by atoms with Crippen molar-refractivity contribution in [3.63, 3.8) is 0 Å². The zero-order valence-electron chi connectivity index (χ0n) is 21.8. The number of carbonyl (C=O) groups is 1. The fourth-order valence-corrected chi connectivity index (χ4v) is 6.45. The number of thiazole rings is 1. The molecule has 2 fully saturated rings. The molecule has 1 amide bonds. The number of ether oxygens (including phenoxy) is 2. The van der Waals surface area contributed by atoms with Gasteiger partial charge in [-0.25, -0.2) is 14.5 Å². The number of aromatic nitrogens is 5. The molecule has 9 nitrogen and oxygen atoms in total. The number of nitrogens with zero attached hydrogens (tertiary/aromatic N) is 6. The van der Waals surface area contributed by atoms with E-state index >= 15 is 0 Å². The maximum Gasteiger partial charge on any atom is 0.410 e. The Balaban J connectivity index is 1.09. The van der Waals surface area contributed by atoms with Gasteiger partial charge in [-0.05, 0) is 78.1 Å². The quantitative estimate of drug-likeness (QED) is 0.404. The largest absolute Gasteiger partial charge is 0.487 e. The summed E-state index contributed by atoms with van der Waals surface area (Å²) in [6.45, 7) is 8.62. The minimum absolute atomic E-state index is 0.0475. The van der Waals surface area contributed by atoms with Gasteiger partial charge in [0.1, 0.15) is 24.8 Å². The van der Waals surface area contributed by atoms with Crippen molar-refractivity contribution in [2.24, 2.45) is 17.8 Å². The first-order valence-electron chi connectivity index (χ1n) is 13.3. The molecule has 2 aromatic heterocycles. The van der Waals surface area contributed by atoms with Crippen LogP contribution in [0.15, 0.2) is 36.0 Å². The summed E-state index contributed by atoms with van der Waals surface area (Å²) in [4.78, 5) is 19.7. The number of hydrogen-bond acceptors (Lipinski definition) is 8. The van der Waals surface area contributed by atoms with Crippen LogP contribution < -0.4 is 4.74 Å². The van der Waals surface area contributed by atoms with E-state index in [0.717, 1.165) is 60.9 Å². The molecule has 0 N–H and O–H groups in total. The van der Waals surface area contributed by atoms with Crippen LogP contribution in [0.5, 0.6) is 5.75 Å². The number of carbonyl (C=O) groups excluding carboxylic acids is 1. The Kier molecular flexibility index (Phi) is 8.02. The fourth-order valence-electron chi connectivity index (χ4n) is 5.47. The average Bonchev–Trinajstić information content (AvgIpc) is 3.61. The Hall–Kier alpha value is -3.01. The van der Waals surface area contributed by atoms with E-state index in [1.165, 1.54) is 6.42 Å². The lowest BCUT2D eigenvalue weighted by Gasteiger charge is -2.38. The molecule has 1 aromatic carbocycles. The second-order valence-electron chi connectivity index (χ2n) is 10.7. The molecule has 3 aromatic rings. The zero-order chi connectivity index (χ0) is 25.8. The summed E-state index contributed by atoms with van der Waals surface area (Å²) in [6, 6.07) is 7.62. The highest BCUT2D eigenvalue weighted by molar-refractivity contribution is 7.09. The Morgan fingerprint density at radius 3 is 2.62 bits per heavy atom. The summed E-state index contributed by atoms with van der Waals surface area (Å²) in [7, 11) is 0. The molecule has 2 aliphatic rings. The molecular formula is C27H36N6O3S. The molecule has 10 heteroatoms. The van der Waals surface area contributed by atoms with Gasteiger partial charge < -0.3 is 14.4 Å². The topological polar surface area (TPSA) is 95.3 Å². The van der Waals surface area contributed by atoms with Crippen molar-refractivity contribution in [1.29, 1.82) is 0 Å². The van der Waals surface area contributed by atoms with E-state index < -0.39 is 0 Å². The van der Waals surface area contributed by atoms with E-state index in [0.29, 0.717) is 30.3 Å². The molecule has 1 saturated carbocycles. The number of benzene rings is 1. The summed E-state index contributed by atoms with van der Waals surface area (Å²) in [5.74, 6) is 2.77. The lowest BCUT2D eigenvalue weighted by molar-refractivity contribution is -0.0127. The van der Waals surface area contributed by atoms with Crippen molar-refractivity contribution in [1.82, 2.24) is 30.1 Å². The van der Waals surface area contributed by atoms with Gasteiger partial charge in [0, 0.05) is 24.4 Å². The summed E-state index contributed by atoms with van der Waals surface area (Å²) in [6.07, 6.45) is 6.66. The average molecular weight is 525 g/mol. The lowest BCUT2D eigenvalue weighted by atomic mass is 9.75. The third kappa shape index (κ3) is 6.29. The van der Waals surface area contributed by atoms with Crippen LogP contribution in [0.3, 0.4) is 0 Å². The Bertz CT molecular complexity index is 1140. The Morgan fingerprint density at radius 2 is 1.92 bits per heavy atom. The zero-order valence-corrected chi connectivity index (χ0v) is 22.6. The smallest absolute Gasteiger partial charge is 0.410 e. The first kappa shape index (κ1) is 25.6. The number of amides is 1. The third-order valence-corrected chi connectivity index (χ3v) is 8.78. The summed E-state index contributed by atoms with van der Waals surface area (Å²) < 4.78 is 13.6. The molecule has 0 unspecified atom stereocenters. The van der Waals surface area contributed by atoms with Crippen molar-refractivity contribution >= 4 is 17.4 Å². The molecule has 198 valence electrons. The minimum atomic E-state index is -0.137. The number of tetrazole rings is 1. The van der Waals surface area contributed by atoms with Crippen LogP contribution in [0, 0.1) is 17.8 Å². The van der Waals surface area contributed by atoms with Crippen molar-refractivity contribution in [2.75, 3.05) is 13.1 Å². The predicted molar refractivity (Wildman–Crippen MR) is 141 cm³/mol. The van der Waals surface area contributed by atoms with Crippen LogP contribution in [0.2, 0.25) is 0 Å². The van der Waals surface area contributed by atoms with Crippen LogP contribution in [-0.2, 0) is 11.3 Å². The van der Waals surface area contributed by atoms with E-state index in [4.69, 9.17) is 14.5 Å². The maximum absolute atomic E-state index is 13.0. The van der Waals surface area contributed by atoms with Crippen LogP contribution in [-0.4, -0.2) is 55.4 Å². The number of piperidine rings is 1. The predicted octanol–water partition coefficient (Wildman–Crippen LogP) is 5.47. The summed E-state index contributed by atoms with van der Waals surface area (Å²) in [5, 5.41) is 14.4. The van der Waals surface area contributed by atoms with Crippen molar-refractivity contribution in [3.05, 3.63) is 46.7 Å². The maximum atomic E-state index is 13.0. The molecule has 1 aliphatic heterocycles. The van der Waals surface area contributed by atoms with Gasteiger partial charge in [0.15, 0.2) is 0 Å². The van der Waals surface area contributed by atoms with Crippen molar-refractivity contribution < 1.29 is 14.3 Å². The van der Waals surface area contributed by atoms with Gasteiger partial charge in [-0.1, -0.05) is 27.2 Å². The molecule has 5 rings (SSSR count). The van der Waals surface area contributed by atoms with Crippen LogP contribution in [0.4, 0.5) is 4.79 Å². The van der Waals surface area contributed by atoms with Gasteiger partial charge in [0.2, 0.25) is 0 Å². The van der Waals surface area contributed by atoms with E-state index in [2.05, 4.69) is 41.7 Å². The molecule has 1 saturated heterocycles. The third-order valence-electron chi connectivity index (χ3n) is 7.72. The monoisotopic (exact) mass is 524 g/mol. The molecule has 3 heterocycles. The lowest BCUT2D eigenvalue weighted by Crippen LogP contribution is -2.43. The minimum Gasteiger partial charge on any atom is -0.487 e. The van der Waals surface area contributed by atoms with Gasteiger partial charge >= 0.3 is 6.09 Å². The van der Waals surface area contributed by atoms with Crippen molar-refractivity contribution in [3.8, 4) is 11.4 Å². The van der Waals surface area contributed by atoms with Crippen LogP contribution >= 0.6 is 11.3 Å². The normalized spacial score (nSPS) is 22.8. The van der Waals surface area contributed by atoms with E-state index in [1.54, 1.807) is 22.3 Å². The highest BCUT2D eigenvalue weighted by atomic mass is 32.1. The van der Waals surface area contributed by atoms with Gasteiger partial charge in [-0.2, -0.15) is 0 Å². The van der Waals surface area contributed by atoms with Gasteiger partial charge in [-0.3, -0.25) is 0 Å². The SMILES string of the molecule is CC(C)[C@@H]1CC[C@@H](C)C[C@H]1OC(=O)N1CCC(c2nc(COc3ccc(-n4cnnn4)cc3)cs2)CC1. The highest BCUT2D eigenvalue weighted by Gasteiger charge is 2.35. The molecule has 3 atom stereocenters. The molecule has 37 heavy (non-hydrogen) atoms. The number of rotatable bonds is 7. The molecule has 0 radical (unpaired) electrons.